The molecule has 1 heterocycles. The van der Waals surface area contributed by atoms with Crippen molar-refractivity contribution in [3.8, 4) is 0 Å². The molecular weight excluding hydrogens is 225 g/mol. The van der Waals surface area contributed by atoms with Gasteiger partial charge in [0.15, 0.2) is 6.61 Å². The van der Waals surface area contributed by atoms with Crippen molar-refractivity contribution in [1.29, 1.82) is 0 Å². The van der Waals surface area contributed by atoms with E-state index in [1.54, 1.807) is 0 Å². The number of halogens is 4. The van der Waals surface area contributed by atoms with Gasteiger partial charge in [-0.05, 0) is 12.1 Å². The van der Waals surface area contributed by atoms with E-state index in [1.807, 2.05) is 0 Å². The minimum atomic E-state index is -4.54. The molecule has 7 heteroatoms. The van der Waals surface area contributed by atoms with E-state index in [4.69, 9.17) is 11.6 Å². The smallest absolute Gasteiger partial charge is 0.449 e. The molecule has 1 aromatic heterocycles. The van der Waals surface area contributed by atoms with Crippen molar-refractivity contribution in [2.45, 2.75) is 12.8 Å². The molecule has 0 saturated carbocycles. The first-order valence-corrected chi connectivity index (χ1v) is 3.75. The third kappa shape index (κ3) is 2.95. The molecule has 0 aliphatic carbocycles. The maximum absolute atomic E-state index is 12.0. The molecular formula is C7H4ClF3O3. The molecule has 78 valence electrons. The van der Waals surface area contributed by atoms with Gasteiger partial charge in [0, 0.05) is 11.6 Å². The first-order valence-electron chi connectivity index (χ1n) is 3.38. The van der Waals surface area contributed by atoms with E-state index >= 15 is 0 Å². The number of hydrogen-bond donors (Lipinski definition) is 0. The predicted molar refractivity (Wildman–Crippen MR) is 39.7 cm³/mol. The van der Waals surface area contributed by atoms with Crippen LogP contribution >= 0.6 is 11.6 Å². The highest BCUT2D eigenvalue weighted by molar-refractivity contribution is 6.61. The third-order valence-electron chi connectivity index (χ3n) is 1.27. The summed E-state index contributed by atoms with van der Waals surface area (Å²) in [5, 5.41) is 0. The lowest BCUT2D eigenvalue weighted by molar-refractivity contribution is -0.153. The van der Waals surface area contributed by atoms with Crippen LogP contribution in [0.25, 0.3) is 0 Å². The molecule has 0 radical (unpaired) electrons. The zero-order valence-corrected chi connectivity index (χ0v) is 7.35. The minimum Gasteiger partial charge on any atom is -0.453 e. The van der Waals surface area contributed by atoms with Gasteiger partial charge < -0.3 is 9.15 Å². The predicted octanol–water partition coefficient (Wildman–Crippen LogP) is 3.17. The van der Waals surface area contributed by atoms with Gasteiger partial charge in [0.05, 0.1) is 0 Å². The molecule has 0 atom stereocenters. The molecule has 0 amide bonds. The van der Waals surface area contributed by atoms with Gasteiger partial charge in [-0.25, -0.2) is 4.79 Å². The van der Waals surface area contributed by atoms with E-state index in [-0.39, 0.29) is 5.76 Å². The molecule has 1 aromatic rings. The number of alkyl halides is 3. The van der Waals surface area contributed by atoms with Gasteiger partial charge in [0.1, 0.15) is 5.76 Å². The van der Waals surface area contributed by atoms with Crippen LogP contribution in [-0.2, 0) is 17.5 Å². The van der Waals surface area contributed by atoms with Crippen molar-refractivity contribution < 1.29 is 27.1 Å². The number of hydrogen-bond acceptors (Lipinski definition) is 3. The normalized spacial score (nSPS) is 11.4. The van der Waals surface area contributed by atoms with Gasteiger partial charge >= 0.3 is 11.6 Å². The Kier molecular flexibility index (Phi) is 3.05. The molecule has 14 heavy (non-hydrogen) atoms. The summed E-state index contributed by atoms with van der Waals surface area (Å²) in [6.07, 6.45) is -4.54. The molecule has 0 spiro atoms. The van der Waals surface area contributed by atoms with Crippen molar-refractivity contribution in [3.63, 3.8) is 0 Å². The number of ether oxygens (including phenoxy) is 1. The van der Waals surface area contributed by atoms with E-state index in [0.29, 0.717) is 0 Å². The Hall–Kier alpha value is -1.17. The van der Waals surface area contributed by atoms with Gasteiger partial charge in [-0.3, -0.25) is 0 Å². The van der Waals surface area contributed by atoms with Crippen molar-refractivity contribution >= 4 is 17.0 Å². The molecule has 0 aromatic carbocycles. The second kappa shape index (κ2) is 3.91. The molecule has 1 rings (SSSR count). The lowest BCUT2D eigenvalue weighted by Gasteiger charge is -2.00. The van der Waals surface area contributed by atoms with Crippen molar-refractivity contribution in [2.75, 3.05) is 0 Å². The standard InChI is InChI=1S/C7H4ClF3O3/c8-6(12)13-3-4-1-2-5(14-4)7(9,10)11/h1-2H,3H2. The van der Waals surface area contributed by atoms with Gasteiger partial charge in [-0.1, -0.05) is 0 Å². The van der Waals surface area contributed by atoms with Crippen LogP contribution in [0.3, 0.4) is 0 Å². The second-order valence-electron chi connectivity index (χ2n) is 2.29. The van der Waals surface area contributed by atoms with Crippen molar-refractivity contribution in [3.05, 3.63) is 23.7 Å². The Balaban J connectivity index is 2.64. The van der Waals surface area contributed by atoms with Crippen LogP contribution in [-0.4, -0.2) is 5.43 Å². The Morgan fingerprint density at radius 3 is 2.57 bits per heavy atom. The molecule has 0 unspecified atom stereocenters. The fraction of sp³-hybridized carbons (Fsp3) is 0.286. The van der Waals surface area contributed by atoms with Crippen molar-refractivity contribution in [1.82, 2.24) is 0 Å². The van der Waals surface area contributed by atoms with Gasteiger partial charge in [-0.15, -0.1) is 0 Å². The average molecular weight is 229 g/mol. The first kappa shape index (κ1) is 10.9. The van der Waals surface area contributed by atoms with E-state index in [9.17, 15) is 18.0 Å². The maximum Gasteiger partial charge on any atom is 0.449 e. The lowest BCUT2D eigenvalue weighted by Crippen LogP contribution is -2.02. The molecule has 0 N–H and O–H groups in total. The number of carbonyl (C=O) groups excluding carboxylic acids is 1. The molecule has 0 aliphatic rings. The highest BCUT2D eigenvalue weighted by Crippen LogP contribution is 2.30. The largest absolute Gasteiger partial charge is 0.453 e. The first-order chi connectivity index (χ1) is 6.39. The summed E-state index contributed by atoms with van der Waals surface area (Å²) in [5.41, 5.74) is -1.10. The van der Waals surface area contributed by atoms with Crippen LogP contribution in [0, 0.1) is 0 Å². The topological polar surface area (TPSA) is 39.4 Å². The molecule has 0 aliphatic heterocycles. The maximum atomic E-state index is 12.0. The quantitative estimate of drug-likeness (QED) is 0.730. The average Bonchev–Trinajstić information content (AvgIpc) is 2.47. The van der Waals surface area contributed by atoms with Crippen molar-refractivity contribution in [2.24, 2.45) is 0 Å². The molecule has 0 bridgehead atoms. The fourth-order valence-corrected chi connectivity index (χ4v) is 0.790. The van der Waals surface area contributed by atoms with Crippen LogP contribution in [0.2, 0.25) is 0 Å². The fourth-order valence-electron chi connectivity index (χ4n) is 0.736. The zero-order chi connectivity index (χ0) is 10.8. The van der Waals surface area contributed by atoms with Crippen LogP contribution in [0.1, 0.15) is 11.5 Å². The molecule has 0 fully saturated rings. The highest BCUT2D eigenvalue weighted by atomic mass is 35.5. The Bertz CT molecular complexity index is 331. The number of carbonyl (C=O) groups is 1. The van der Waals surface area contributed by atoms with Crippen LogP contribution in [0.4, 0.5) is 18.0 Å². The SMILES string of the molecule is O=C(Cl)OCc1ccc(C(F)(F)F)o1. The monoisotopic (exact) mass is 228 g/mol. The van der Waals surface area contributed by atoms with Gasteiger partial charge in [0.25, 0.3) is 0 Å². The van der Waals surface area contributed by atoms with Gasteiger partial charge in [0.2, 0.25) is 5.76 Å². The summed E-state index contributed by atoms with van der Waals surface area (Å²) in [6.45, 7) is -0.418. The third-order valence-corrected chi connectivity index (χ3v) is 1.38. The van der Waals surface area contributed by atoms with E-state index in [1.165, 1.54) is 0 Å². The summed E-state index contributed by atoms with van der Waals surface area (Å²) < 4.78 is 44.5. The minimum absolute atomic E-state index is 0.119. The number of rotatable bonds is 2. The van der Waals surface area contributed by atoms with E-state index in [2.05, 4.69) is 9.15 Å². The van der Waals surface area contributed by atoms with E-state index in [0.717, 1.165) is 12.1 Å². The molecule has 3 nitrogen and oxygen atoms in total. The lowest BCUT2D eigenvalue weighted by atomic mass is 10.4. The molecule has 0 saturated heterocycles. The van der Waals surface area contributed by atoms with E-state index < -0.39 is 24.0 Å². The van der Waals surface area contributed by atoms with Crippen LogP contribution < -0.4 is 0 Å². The van der Waals surface area contributed by atoms with Crippen LogP contribution in [0.5, 0.6) is 0 Å². The summed E-state index contributed by atoms with van der Waals surface area (Å²) in [7, 11) is 0. The summed E-state index contributed by atoms with van der Waals surface area (Å²) in [5.74, 6) is -1.26. The summed E-state index contributed by atoms with van der Waals surface area (Å²) >= 11 is 4.80. The van der Waals surface area contributed by atoms with Gasteiger partial charge in [-0.2, -0.15) is 13.2 Å². The summed E-state index contributed by atoms with van der Waals surface area (Å²) in [4.78, 5) is 10.1. The number of furan rings is 1. The summed E-state index contributed by atoms with van der Waals surface area (Å²) in [6, 6.07) is 1.81. The second-order valence-corrected chi connectivity index (χ2v) is 2.60. The Labute approximate surface area is 81.4 Å². The Morgan fingerprint density at radius 2 is 2.14 bits per heavy atom. The zero-order valence-electron chi connectivity index (χ0n) is 6.60. The van der Waals surface area contributed by atoms with Crippen LogP contribution in [0.15, 0.2) is 16.5 Å². The Morgan fingerprint density at radius 1 is 1.50 bits per heavy atom. The highest BCUT2D eigenvalue weighted by Gasteiger charge is 2.34.